The Hall–Kier alpha value is -0.720. The van der Waals surface area contributed by atoms with Crippen LogP contribution >= 0.6 is 0 Å². The van der Waals surface area contributed by atoms with Gasteiger partial charge in [0.15, 0.2) is 24.7 Å². The number of hydrogen-bond acceptors (Lipinski definition) is 18. The molecule has 0 aromatic carbocycles. The molecule has 8 fully saturated rings. The number of fused-ring (bicyclic) bond motifs is 7. The maximum absolute atomic E-state index is 12.1. The predicted octanol–water partition coefficient (Wildman–Crippen LogP) is -0.752. The van der Waals surface area contributed by atoms with Crippen LogP contribution in [-0.2, 0) is 33.2 Å². The Balaban J connectivity index is 0.868. The summed E-state index contributed by atoms with van der Waals surface area (Å²) >= 11 is 0. The van der Waals surface area contributed by atoms with Gasteiger partial charge in [0.1, 0.15) is 67.1 Å². The molecule has 0 radical (unpaired) electrons. The van der Waals surface area contributed by atoms with E-state index in [1.807, 2.05) is 6.92 Å². The van der Waals surface area contributed by atoms with E-state index in [1.165, 1.54) is 6.92 Å². The van der Waals surface area contributed by atoms with E-state index in [-0.39, 0.29) is 47.4 Å². The van der Waals surface area contributed by atoms with Gasteiger partial charge >= 0.3 is 0 Å². The van der Waals surface area contributed by atoms with Crippen molar-refractivity contribution in [3.05, 3.63) is 0 Å². The molecule has 8 aliphatic rings. The third-order valence-electron chi connectivity index (χ3n) is 17.9. The molecule has 8 rings (SSSR count). The lowest BCUT2D eigenvalue weighted by Gasteiger charge is -2.61. The summed E-state index contributed by atoms with van der Waals surface area (Å²) in [6.45, 7) is 9.57. The first-order chi connectivity index (χ1) is 29.8. The summed E-state index contributed by atoms with van der Waals surface area (Å²) in [5.74, 6) is 0.658. The molecule has 4 saturated heterocycles. The quantitative estimate of drug-likeness (QED) is 0.107. The van der Waals surface area contributed by atoms with Crippen LogP contribution in [0.15, 0.2) is 0 Å². The third-order valence-corrected chi connectivity index (χ3v) is 17.9. The highest BCUT2D eigenvalue weighted by atomic mass is 16.8. The van der Waals surface area contributed by atoms with Crippen LogP contribution in [0, 0.1) is 52.3 Å². The highest BCUT2D eigenvalue weighted by Gasteiger charge is 2.68. The summed E-state index contributed by atoms with van der Waals surface area (Å²) in [5.41, 5.74) is 0.0866. The SMILES string of the molecule is C[C@H](CCC1(O)O[C@H]2C[C@H]3[C@@H]4CC[C@H]5C[C@@H](O[C@@H]6O[C@H](CO)[C@@H](O)[C@H](O)[C@H]6O[C@@H]6O[C@@H](C)[C@H](O)[C@@H](O)[C@H]6O)CC[C@]5(C)[C@H]4CC[C@]3(C)[C@H]2[C@@H]1C)CO[C@@H]1O[C@H](CO)[C@@H](O)[C@H](O)[C@H]1O. The smallest absolute Gasteiger partial charge is 0.187 e. The van der Waals surface area contributed by atoms with Gasteiger partial charge in [-0.05, 0) is 111 Å². The second-order valence-corrected chi connectivity index (χ2v) is 21.4. The molecule has 27 atom stereocenters. The van der Waals surface area contributed by atoms with Crippen LogP contribution in [-0.4, -0.2) is 186 Å². The Labute approximate surface area is 369 Å². The van der Waals surface area contributed by atoms with Crippen molar-refractivity contribution in [1.29, 1.82) is 0 Å². The second kappa shape index (κ2) is 18.6. The van der Waals surface area contributed by atoms with Crippen LogP contribution in [0.1, 0.15) is 98.8 Å². The Morgan fingerprint density at radius 2 is 1.29 bits per heavy atom. The van der Waals surface area contributed by atoms with Crippen molar-refractivity contribution in [3.8, 4) is 0 Å². The van der Waals surface area contributed by atoms with Crippen LogP contribution in [0.2, 0.25) is 0 Å². The molecule has 0 bridgehead atoms. The van der Waals surface area contributed by atoms with Crippen molar-refractivity contribution in [2.75, 3.05) is 19.8 Å². The van der Waals surface area contributed by atoms with Crippen LogP contribution < -0.4 is 0 Å². The van der Waals surface area contributed by atoms with Gasteiger partial charge in [0.2, 0.25) is 0 Å². The van der Waals surface area contributed by atoms with Gasteiger partial charge in [-0.25, -0.2) is 0 Å². The molecule has 0 spiro atoms. The standard InChI is InChI=1S/C45H76O18/c1-19(18-57-40-37(54)35(52)32(49)28(16-46)60-40)8-13-45(56)20(2)30-27(63-45)15-26-24-7-6-22-14-23(9-11-43(22,4)25(24)10-12-44(26,30)5)59-42-39(36(53)33(50)29(17-47)61-42)62-41-38(55)34(51)31(48)21(3)58-41/h19-42,46-56H,6-18H2,1-5H3/t19-,20+,21+,22+,23+,24-,25+,26+,27+,28-,29-,30+,31+,32-,33-,34-,35+,36+,37-,38-,39-,40-,41+,42-,43+,44+,45?/m1/s1. The average Bonchev–Trinajstić information content (AvgIpc) is 3.70. The van der Waals surface area contributed by atoms with E-state index in [2.05, 4.69) is 20.8 Å². The lowest BCUT2D eigenvalue weighted by atomic mass is 9.44. The molecule has 4 saturated carbocycles. The minimum atomic E-state index is -1.64. The van der Waals surface area contributed by atoms with Gasteiger partial charge < -0.3 is 89.3 Å². The molecule has 11 N–H and O–H groups in total. The maximum Gasteiger partial charge on any atom is 0.187 e. The molecule has 18 heteroatoms. The van der Waals surface area contributed by atoms with Crippen molar-refractivity contribution >= 4 is 0 Å². The van der Waals surface area contributed by atoms with Crippen molar-refractivity contribution < 1.29 is 89.3 Å². The number of ether oxygens (including phenoxy) is 7. The molecule has 4 aliphatic carbocycles. The van der Waals surface area contributed by atoms with Crippen LogP contribution in [0.4, 0.5) is 0 Å². The van der Waals surface area contributed by atoms with Gasteiger partial charge in [0, 0.05) is 12.3 Å². The molecule has 4 aliphatic heterocycles. The Bertz CT molecular complexity index is 1540. The first-order valence-corrected chi connectivity index (χ1v) is 23.7. The summed E-state index contributed by atoms with van der Waals surface area (Å²) in [5, 5.41) is 115. The normalized spacial score (nSPS) is 56.3. The molecule has 63 heavy (non-hydrogen) atoms. The minimum absolute atomic E-state index is 0.0145. The first-order valence-electron chi connectivity index (χ1n) is 23.7. The zero-order chi connectivity index (χ0) is 45.5. The van der Waals surface area contributed by atoms with Gasteiger partial charge in [-0.3, -0.25) is 0 Å². The Morgan fingerprint density at radius 3 is 1.98 bits per heavy atom. The van der Waals surface area contributed by atoms with E-state index in [9.17, 15) is 56.2 Å². The van der Waals surface area contributed by atoms with Crippen LogP contribution in [0.25, 0.3) is 0 Å². The summed E-state index contributed by atoms with van der Waals surface area (Å²) < 4.78 is 42.2. The fourth-order valence-corrected chi connectivity index (χ4v) is 14.1. The average molecular weight is 905 g/mol. The van der Waals surface area contributed by atoms with E-state index in [0.29, 0.717) is 36.5 Å². The maximum atomic E-state index is 12.1. The number of hydrogen-bond donors (Lipinski definition) is 11. The minimum Gasteiger partial charge on any atom is -0.394 e. The first kappa shape index (κ1) is 48.7. The summed E-state index contributed by atoms with van der Waals surface area (Å²) in [6, 6.07) is 0. The molecular formula is C45H76O18. The van der Waals surface area contributed by atoms with Crippen LogP contribution in [0.3, 0.4) is 0 Å². The molecule has 0 aromatic rings. The molecule has 364 valence electrons. The Kier molecular flexibility index (Phi) is 14.4. The number of rotatable bonds is 12. The molecule has 1 unspecified atom stereocenters. The van der Waals surface area contributed by atoms with Crippen molar-refractivity contribution in [2.45, 2.75) is 209 Å². The fraction of sp³-hybridized carbons (Fsp3) is 1.00. The van der Waals surface area contributed by atoms with E-state index in [1.54, 1.807) is 0 Å². The summed E-state index contributed by atoms with van der Waals surface area (Å²) in [6.07, 6.45) is -12.1. The van der Waals surface area contributed by atoms with E-state index < -0.39 is 111 Å². The van der Waals surface area contributed by atoms with Crippen molar-refractivity contribution in [1.82, 2.24) is 0 Å². The second-order valence-electron chi connectivity index (χ2n) is 21.4. The molecular weight excluding hydrogens is 828 g/mol. The van der Waals surface area contributed by atoms with E-state index in [4.69, 9.17) is 33.2 Å². The highest BCUT2D eigenvalue weighted by Crippen LogP contribution is 2.71. The predicted molar refractivity (Wildman–Crippen MR) is 218 cm³/mol. The van der Waals surface area contributed by atoms with E-state index >= 15 is 0 Å². The monoisotopic (exact) mass is 905 g/mol. The number of aliphatic hydroxyl groups excluding tert-OH is 10. The van der Waals surface area contributed by atoms with Gasteiger partial charge in [-0.1, -0.05) is 27.7 Å². The van der Waals surface area contributed by atoms with E-state index in [0.717, 1.165) is 51.4 Å². The van der Waals surface area contributed by atoms with Gasteiger partial charge in [-0.2, -0.15) is 0 Å². The van der Waals surface area contributed by atoms with Gasteiger partial charge in [0.05, 0.1) is 38.1 Å². The molecule has 18 nitrogen and oxygen atoms in total. The number of aliphatic hydroxyl groups is 11. The topological polar surface area (TPSA) is 287 Å². The molecule has 4 heterocycles. The van der Waals surface area contributed by atoms with Crippen LogP contribution in [0.5, 0.6) is 0 Å². The van der Waals surface area contributed by atoms with Crippen molar-refractivity contribution in [2.24, 2.45) is 52.3 Å². The Morgan fingerprint density at radius 1 is 0.651 bits per heavy atom. The molecule has 0 aromatic heterocycles. The lowest BCUT2D eigenvalue weighted by Crippen LogP contribution is -2.64. The zero-order valence-electron chi connectivity index (χ0n) is 37.3. The molecule has 0 amide bonds. The third kappa shape index (κ3) is 8.60. The summed E-state index contributed by atoms with van der Waals surface area (Å²) in [4.78, 5) is 0. The van der Waals surface area contributed by atoms with Gasteiger partial charge in [-0.15, -0.1) is 0 Å². The zero-order valence-corrected chi connectivity index (χ0v) is 37.3. The highest BCUT2D eigenvalue weighted by molar-refractivity contribution is 5.15. The lowest BCUT2D eigenvalue weighted by molar-refractivity contribution is -0.371. The van der Waals surface area contributed by atoms with Gasteiger partial charge in [0.25, 0.3) is 0 Å². The van der Waals surface area contributed by atoms with Crippen molar-refractivity contribution in [3.63, 3.8) is 0 Å². The summed E-state index contributed by atoms with van der Waals surface area (Å²) in [7, 11) is 0. The fourth-order valence-electron chi connectivity index (χ4n) is 14.1. The largest absolute Gasteiger partial charge is 0.394 e.